The van der Waals surface area contributed by atoms with Gasteiger partial charge in [-0.1, -0.05) is 258 Å². The summed E-state index contributed by atoms with van der Waals surface area (Å²) in [4.78, 5) is 5.19. The summed E-state index contributed by atoms with van der Waals surface area (Å²) in [6.07, 6.45) is 0. The summed E-state index contributed by atoms with van der Waals surface area (Å²) >= 11 is 1.91. The molecule has 0 atom stereocenters. The van der Waals surface area contributed by atoms with Crippen molar-refractivity contribution in [2.24, 2.45) is 0 Å². The van der Waals surface area contributed by atoms with Crippen LogP contribution in [0.1, 0.15) is 105 Å². The van der Waals surface area contributed by atoms with Gasteiger partial charge in [0, 0.05) is 59.5 Å². The van der Waals surface area contributed by atoms with Gasteiger partial charge in [0.25, 0.3) is 0 Å². The number of furan rings is 1. The predicted molar refractivity (Wildman–Crippen MR) is 375 cm³/mol. The Bertz CT molecular complexity index is 4760. The first-order chi connectivity index (χ1) is 41.7. The van der Waals surface area contributed by atoms with Crippen LogP contribution in [0.4, 0.5) is 17.1 Å². The zero-order valence-corrected chi connectivity index (χ0v) is 53.0. The molecule has 0 fully saturated rings. The van der Waals surface area contributed by atoms with Gasteiger partial charge in [0.15, 0.2) is 0 Å². The van der Waals surface area contributed by atoms with Crippen molar-refractivity contribution >= 4 is 95.7 Å². The van der Waals surface area contributed by atoms with E-state index in [-0.39, 0.29) is 28.4 Å². The van der Waals surface area contributed by atoms with Crippen molar-refractivity contribution in [2.45, 2.75) is 115 Å². The van der Waals surface area contributed by atoms with Crippen LogP contribution in [0.2, 0.25) is 0 Å². The zero-order valence-electron chi connectivity index (χ0n) is 52.2. The average molecular weight is 1150 g/mol. The number of aromatic nitrogens is 1. The second-order valence-corrected chi connectivity index (χ2v) is 29.6. The molecule has 5 heteroatoms. The lowest BCUT2D eigenvalue weighted by Gasteiger charge is -2.42. The lowest BCUT2D eigenvalue weighted by Crippen LogP contribution is -2.60. The minimum absolute atomic E-state index is 0.0417. The first kappa shape index (κ1) is 54.9. The summed E-state index contributed by atoms with van der Waals surface area (Å²) in [6, 6.07) is 85.6. The minimum Gasteiger partial charge on any atom is -0.456 e. The molecule has 0 bridgehead atoms. The van der Waals surface area contributed by atoms with Gasteiger partial charge < -0.3 is 13.9 Å². The van der Waals surface area contributed by atoms with E-state index in [2.05, 4.69) is 317 Å². The van der Waals surface area contributed by atoms with Crippen LogP contribution in [0.3, 0.4) is 0 Å². The molecule has 0 saturated carbocycles. The molecule has 15 rings (SSSR count). The van der Waals surface area contributed by atoms with E-state index in [1.54, 1.807) is 0 Å². The third-order valence-corrected chi connectivity index (χ3v) is 19.8. The Morgan fingerprint density at radius 2 is 0.885 bits per heavy atom. The van der Waals surface area contributed by atoms with Crippen LogP contribution in [0.25, 0.3) is 93.9 Å². The molecule has 0 saturated heterocycles. The molecule has 0 radical (unpaired) electrons. The van der Waals surface area contributed by atoms with Gasteiger partial charge in [-0.3, -0.25) is 0 Å². The van der Waals surface area contributed by atoms with Crippen LogP contribution in [-0.4, -0.2) is 11.3 Å². The van der Waals surface area contributed by atoms with Gasteiger partial charge in [0.1, 0.15) is 11.2 Å². The number of fused-ring (bicyclic) bond motifs is 11. The molecule has 3 nitrogen and oxygen atoms in total. The molecule has 13 aromatic rings. The van der Waals surface area contributed by atoms with Crippen molar-refractivity contribution in [2.75, 3.05) is 4.90 Å². The first-order valence-corrected chi connectivity index (χ1v) is 31.8. The smallest absolute Gasteiger partial charge is 0.249 e. The monoisotopic (exact) mass is 1140 g/mol. The second kappa shape index (κ2) is 19.9. The standard InChI is InChI=1S/C82H73BN2OS/c1-79(2,3)56-33-37-68-64(46-56)65-47-57(80(4,5)6)34-38-69(65)84(68)60-48-71-76-74(49-60)87-78-67(36-39-73-75(78)61-30-22-23-31-72(61)86-73)83(76)66-35-32-53(54-40-58(81(7,8)9)45-59(41-54)82(10,11)12)44-70(66)85(71)77-62(51-26-18-14-19-27-51)42-55(50-24-16-13-17-25-50)43-63(77)52-28-20-15-21-29-52/h13-49H,1-12H3. The van der Waals surface area contributed by atoms with E-state index in [1.165, 1.54) is 104 Å². The van der Waals surface area contributed by atoms with Gasteiger partial charge in [-0.15, -0.1) is 0 Å². The molecular weight excluding hydrogens is 1070 g/mol. The van der Waals surface area contributed by atoms with Gasteiger partial charge >= 0.3 is 0 Å². The number of para-hydroxylation sites is 1. The summed E-state index contributed by atoms with van der Waals surface area (Å²) in [6.45, 7) is 27.9. The van der Waals surface area contributed by atoms with E-state index in [0.717, 1.165) is 55.9 Å². The molecule has 2 aromatic heterocycles. The quantitative estimate of drug-likeness (QED) is 0.155. The molecule has 0 aliphatic carbocycles. The van der Waals surface area contributed by atoms with Crippen molar-refractivity contribution < 1.29 is 4.42 Å². The number of hydrogen-bond acceptors (Lipinski definition) is 3. The number of rotatable bonds is 6. The Labute approximate surface area is 517 Å². The van der Waals surface area contributed by atoms with Crippen LogP contribution in [-0.2, 0) is 21.7 Å². The van der Waals surface area contributed by atoms with E-state index >= 15 is 0 Å². The van der Waals surface area contributed by atoms with Crippen molar-refractivity contribution in [3.63, 3.8) is 0 Å². The van der Waals surface area contributed by atoms with E-state index in [0.29, 0.717) is 0 Å². The fourth-order valence-electron chi connectivity index (χ4n) is 13.8. The van der Waals surface area contributed by atoms with Gasteiger partial charge in [0.2, 0.25) is 6.71 Å². The highest BCUT2D eigenvalue weighted by molar-refractivity contribution is 8.00. The van der Waals surface area contributed by atoms with Crippen LogP contribution in [0.15, 0.2) is 239 Å². The average Bonchev–Trinajstić information content (AvgIpc) is 1.46. The first-order valence-electron chi connectivity index (χ1n) is 31.0. The van der Waals surface area contributed by atoms with Crippen LogP contribution in [0.5, 0.6) is 0 Å². The molecule has 0 unspecified atom stereocenters. The molecule has 426 valence electrons. The Hall–Kier alpha value is -8.77. The largest absolute Gasteiger partial charge is 0.456 e. The highest BCUT2D eigenvalue weighted by atomic mass is 32.2. The molecule has 0 N–H and O–H groups in total. The van der Waals surface area contributed by atoms with Crippen molar-refractivity contribution in [1.29, 1.82) is 0 Å². The third-order valence-electron chi connectivity index (χ3n) is 18.6. The number of benzene rings is 11. The zero-order chi connectivity index (χ0) is 60.1. The van der Waals surface area contributed by atoms with E-state index in [9.17, 15) is 0 Å². The maximum Gasteiger partial charge on any atom is 0.249 e. The Morgan fingerprint density at radius 3 is 1.45 bits per heavy atom. The van der Waals surface area contributed by atoms with Crippen molar-refractivity contribution in [3.05, 3.63) is 247 Å². The summed E-state index contributed by atoms with van der Waals surface area (Å²) in [7, 11) is 0. The topological polar surface area (TPSA) is 21.3 Å². The van der Waals surface area contributed by atoms with Crippen LogP contribution >= 0.6 is 11.8 Å². The van der Waals surface area contributed by atoms with Crippen molar-refractivity contribution in [1.82, 2.24) is 4.57 Å². The van der Waals surface area contributed by atoms with E-state index in [4.69, 9.17) is 4.42 Å². The van der Waals surface area contributed by atoms with Gasteiger partial charge in [-0.2, -0.15) is 0 Å². The molecule has 11 aromatic carbocycles. The summed E-state index contributed by atoms with van der Waals surface area (Å²) < 4.78 is 9.33. The maximum absolute atomic E-state index is 6.76. The highest BCUT2D eigenvalue weighted by Crippen LogP contribution is 2.53. The Kier molecular flexibility index (Phi) is 12.5. The molecule has 2 aliphatic rings. The lowest BCUT2D eigenvalue weighted by atomic mass is 9.34. The second-order valence-electron chi connectivity index (χ2n) is 28.6. The molecule has 0 spiro atoms. The number of nitrogens with zero attached hydrogens (tertiary/aromatic N) is 2. The summed E-state index contributed by atoms with van der Waals surface area (Å²) in [5, 5.41) is 4.86. The summed E-state index contributed by atoms with van der Waals surface area (Å²) in [5.41, 5.74) is 27.1. The normalized spacial score (nSPS) is 13.4. The van der Waals surface area contributed by atoms with Gasteiger partial charge in [-0.25, -0.2) is 0 Å². The van der Waals surface area contributed by atoms with Gasteiger partial charge in [-0.05, 0) is 155 Å². The summed E-state index contributed by atoms with van der Waals surface area (Å²) in [5.74, 6) is 0. The third kappa shape index (κ3) is 9.18. The SMILES string of the molecule is CC(C)(C)c1cc(-c2ccc3c(c2)N(c2c(-c4ccccc4)cc(-c4ccccc4)cc2-c2ccccc2)c2cc(-n4c5ccc(C(C)(C)C)cc5c5cc(C(C)(C)C)ccc54)cc4c2B3c2ccc3oc5ccccc5c3c2S4)cc(C(C)(C)C)c1. The molecule has 2 aliphatic heterocycles. The van der Waals surface area contributed by atoms with E-state index in [1.807, 2.05) is 11.8 Å². The fraction of sp³-hybridized carbons (Fsp3) is 0.195. The molecule has 4 heterocycles. The van der Waals surface area contributed by atoms with Crippen molar-refractivity contribution in [3.8, 4) is 50.2 Å². The number of hydrogen-bond donors (Lipinski definition) is 0. The van der Waals surface area contributed by atoms with Crippen LogP contribution in [0, 0.1) is 0 Å². The van der Waals surface area contributed by atoms with Gasteiger partial charge in [0.05, 0.1) is 16.7 Å². The minimum atomic E-state index is -0.115. The maximum atomic E-state index is 6.76. The highest BCUT2D eigenvalue weighted by Gasteiger charge is 2.44. The molecular formula is C82H73BN2OS. The van der Waals surface area contributed by atoms with Crippen LogP contribution < -0.4 is 21.3 Å². The molecule has 0 amide bonds. The van der Waals surface area contributed by atoms with E-state index < -0.39 is 0 Å². The predicted octanol–water partition coefficient (Wildman–Crippen LogP) is 21.3. The Balaban J connectivity index is 1.12. The molecule has 87 heavy (non-hydrogen) atoms. The fourth-order valence-corrected chi connectivity index (χ4v) is 15.1. The Morgan fingerprint density at radius 1 is 0.368 bits per heavy atom. The lowest BCUT2D eigenvalue weighted by molar-refractivity contribution is 0.569. The number of anilines is 3.